The Morgan fingerprint density at radius 1 is 1.50 bits per heavy atom. The van der Waals surface area contributed by atoms with Gasteiger partial charge < -0.3 is 5.32 Å². The van der Waals surface area contributed by atoms with Gasteiger partial charge in [-0.1, -0.05) is 6.92 Å². The zero-order chi connectivity index (χ0) is 13.0. The monoisotopic (exact) mass is 248 g/mol. The number of carbonyl (C=O) groups excluding carboxylic acids is 1. The van der Waals surface area contributed by atoms with Gasteiger partial charge in [-0.05, 0) is 13.3 Å². The van der Waals surface area contributed by atoms with Crippen molar-refractivity contribution in [1.82, 2.24) is 24.5 Å². The average molecular weight is 248 g/mol. The molecule has 0 aliphatic heterocycles. The standard InChI is InChI=1S/C11H16N6O/c1-3-9(2)17-10(4-5-13-17)15-11(18)6-16-8-12-7-14-16/h4-5,7-9H,3,6H2,1-2H3,(H,15,18)/t9-/m1/s1. The van der Waals surface area contributed by atoms with Gasteiger partial charge in [0.2, 0.25) is 5.91 Å². The van der Waals surface area contributed by atoms with Crippen molar-refractivity contribution in [2.45, 2.75) is 32.9 Å². The zero-order valence-corrected chi connectivity index (χ0v) is 10.4. The average Bonchev–Trinajstić information content (AvgIpc) is 2.99. The van der Waals surface area contributed by atoms with Gasteiger partial charge in [-0.15, -0.1) is 0 Å². The van der Waals surface area contributed by atoms with E-state index in [1.54, 1.807) is 16.9 Å². The van der Waals surface area contributed by atoms with Gasteiger partial charge in [-0.25, -0.2) is 14.3 Å². The molecule has 0 bridgehead atoms. The molecule has 0 aliphatic rings. The molecule has 0 unspecified atom stereocenters. The van der Waals surface area contributed by atoms with Gasteiger partial charge in [-0.3, -0.25) is 4.79 Å². The fraction of sp³-hybridized carbons (Fsp3) is 0.455. The number of nitrogens with zero attached hydrogens (tertiary/aromatic N) is 5. The summed E-state index contributed by atoms with van der Waals surface area (Å²) in [5, 5.41) is 10.9. The molecule has 0 radical (unpaired) electrons. The summed E-state index contributed by atoms with van der Waals surface area (Å²) in [5.41, 5.74) is 0. The molecule has 0 saturated carbocycles. The molecular formula is C11H16N6O. The lowest BCUT2D eigenvalue weighted by Crippen LogP contribution is -2.22. The quantitative estimate of drug-likeness (QED) is 0.859. The van der Waals surface area contributed by atoms with E-state index in [0.29, 0.717) is 5.82 Å². The Bertz CT molecular complexity index is 503. The molecule has 2 rings (SSSR count). The Labute approximate surface area is 105 Å². The lowest BCUT2D eigenvalue weighted by molar-refractivity contribution is -0.117. The van der Waals surface area contributed by atoms with E-state index in [1.807, 2.05) is 0 Å². The summed E-state index contributed by atoms with van der Waals surface area (Å²) in [6.07, 6.45) is 5.53. The van der Waals surface area contributed by atoms with Crippen LogP contribution in [0.3, 0.4) is 0 Å². The highest BCUT2D eigenvalue weighted by molar-refractivity contribution is 5.89. The normalized spacial score (nSPS) is 12.3. The van der Waals surface area contributed by atoms with E-state index in [4.69, 9.17) is 0 Å². The van der Waals surface area contributed by atoms with Crippen molar-refractivity contribution in [3.8, 4) is 0 Å². The lowest BCUT2D eigenvalue weighted by Gasteiger charge is -2.14. The lowest BCUT2D eigenvalue weighted by atomic mass is 10.3. The maximum atomic E-state index is 11.8. The van der Waals surface area contributed by atoms with E-state index in [0.717, 1.165) is 6.42 Å². The van der Waals surface area contributed by atoms with Crippen molar-refractivity contribution in [2.75, 3.05) is 5.32 Å². The summed E-state index contributed by atoms with van der Waals surface area (Å²) in [4.78, 5) is 15.6. The second kappa shape index (κ2) is 5.44. The predicted molar refractivity (Wildman–Crippen MR) is 65.9 cm³/mol. The van der Waals surface area contributed by atoms with Crippen molar-refractivity contribution < 1.29 is 4.79 Å². The van der Waals surface area contributed by atoms with Crippen LogP contribution in [0.4, 0.5) is 5.82 Å². The van der Waals surface area contributed by atoms with Crippen LogP contribution >= 0.6 is 0 Å². The molecule has 1 N–H and O–H groups in total. The number of anilines is 1. The van der Waals surface area contributed by atoms with Crippen LogP contribution in [0.2, 0.25) is 0 Å². The third-order valence-electron chi connectivity index (χ3n) is 2.72. The molecule has 7 nitrogen and oxygen atoms in total. The minimum absolute atomic E-state index is 0.145. The first-order chi connectivity index (χ1) is 8.70. The largest absolute Gasteiger partial charge is 0.309 e. The summed E-state index contributed by atoms with van der Waals surface area (Å²) < 4.78 is 3.28. The Kier molecular flexibility index (Phi) is 3.71. The van der Waals surface area contributed by atoms with Crippen molar-refractivity contribution >= 4 is 11.7 Å². The number of rotatable bonds is 5. The number of nitrogens with one attached hydrogen (secondary N) is 1. The van der Waals surface area contributed by atoms with Crippen LogP contribution in [0.15, 0.2) is 24.9 Å². The topological polar surface area (TPSA) is 77.6 Å². The molecule has 2 heterocycles. The molecule has 0 aliphatic carbocycles. The molecule has 18 heavy (non-hydrogen) atoms. The maximum Gasteiger partial charge on any atom is 0.247 e. The van der Waals surface area contributed by atoms with Crippen LogP contribution in [0, 0.1) is 0 Å². The summed E-state index contributed by atoms with van der Waals surface area (Å²) >= 11 is 0. The number of hydrogen-bond donors (Lipinski definition) is 1. The Morgan fingerprint density at radius 3 is 3.00 bits per heavy atom. The highest BCUT2D eigenvalue weighted by Gasteiger charge is 2.11. The van der Waals surface area contributed by atoms with E-state index in [-0.39, 0.29) is 18.5 Å². The third-order valence-corrected chi connectivity index (χ3v) is 2.72. The van der Waals surface area contributed by atoms with Crippen molar-refractivity contribution in [3.63, 3.8) is 0 Å². The van der Waals surface area contributed by atoms with E-state index < -0.39 is 0 Å². The van der Waals surface area contributed by atoms with Gasteiger partial charge in [-0.2, -0.15) is 10.2 Å². The molecule has 2 aromatic heterocycles. The number of aromatic nitrogens is 5. The first-order valence-corrected chi connectivity index (χ1v) is 5.86. The minimum Gasteiger partial charge on any atom is -0.309 e. The summed E-state index contributed by atoms with van der Waals surface area (Å²) in [6, 6.07) is 2.03. The van der Waals surface area contributed by atoms with Crippen LogP contribution in [-0.2, 0) is 11.3 Å². The Balaban J connectivity index is 2.01. The van der Waals surface area contributed by atoms with E-state index in [1.165, 1.54) is 17.3 Å². The fourth-order valence-electron chi connectivity index (χ4n) is 1.58. The van der Waals surface area contributed by atoms with Gasteiger partial charge in [0.1, 0.15) is 25.0 Å². The van der Waals surface area contributed by atoms with Gasteiger partial charge in [0.05, 0.1) is 12.2 Å². The molecule has 2 aromatic rings. The zero-order valence-electron chi connectivity index (χ0n) is 10.4. The Hall–Kier alpha value is -2.18. The first-order valence-electron chi connectivity index (χ1n) is 5.86. The van der Waals surface area contributed by atoms with Crippen LogP contribution < -0.4 is 5.32 Å². The van der Waals surface area contributed by atoms with Crippen molar-refractivity contribution in [1.29, 1.82) is 0 Å². The van der Waals surface area contributed by atoms with Gasteiger partial charge in [0.25, 0.3) is 0 Å². The maximum absolute atomic E-state index is 11.8. The molecule has 1 atom stereocenters. The van der Waals surface area contributed by atoms with Crippen LogP contribution in [0.1, 0.15) is 26.3 Å². The highest BCUT2D eigenvalue weighted by atomic mass is 16.2. The van der Waals surface area contributed by atoms with E-state index in [9.17, 15) is 4.79 Å². The summed E-state index contributed by atoms with van der Waals surface area (Å²) in [5.74, 6) is 0.556. The highest BCUT2D eigenvalue weighted by Crippen LogP contribution is 2.16. The van der Waals surface area contributed by atoms with Crippen molar-refractivity contribution in [2.24, 2.45) is 0 Å². The van der Waals surface area contributed by atoms with Gasteiger partial charge in [0.15, 0.2) is 0 Å². The number of hydrogen-bond acceptors (Lipinski definition) is 4. The molecular weight excluding hydrogens is 232 g/mol. The Morgan fingerprint density at radius 2 is 2.33 bits per heavy atom. The predicted octanol–water partition coefficient (Wildman–Crippen LogP) is 1.08. The van der Waals surface area contributed by atoms with Crippen LogP contribution in [0.5, 0.6) is 0 Å². The molecule has 7 heteroatoms. The molecule has 0 aromatic carbocycles. The second-order valence-electron chi connectivity index (χ2n) is 4.06. The summed E-state index contributed by atoms with van der Waals surface area (Å²) in [7, 11) is 0. The molecule has 96 valence electrons. The third kappa shape index (κ3) is 2.73. The van der Waals surface area contributed by atoms with Crippen molar-refractivity contribution in [3.05, 3.63) is 24.9 Å². The first kappa shape index (κ1) is 12.3. The smallest absolute Gasteiger partial charge is 0.247 e. The van der Waals surface area contributed by atoms with Gasteiger partial charge >= 0.3 is 0 Å². The number of amides is 1. The van der Waals surface area contributed by atoms with E-state index >= 15 is 0 Å². The van der Waals surface area contributed by atoms with Crippen LogP contribution in [0.25, 0.3) is 0 Å². The fourth-order valence-corrected chi connectivity index (χ4v) is 1.58. The van der Waals surface area contributed by atoms with Gasteiger partial charge in [0, 0.05) is 6.07 Å². The molecule has 0 saturated heterocycles. The SMILES string of the molecule is CC[C@@H](C)n1nccc1NC(=O)Cn1cncn1. The van der Waals surface area contributed by atoms with Crippen LogP contribution in [-0.4, -0.2) is 30.5 Å². The van der Waals surface area contributed by atoms with E-state index in [2.05, 4.69) is 34.3 Å². The molecule has 0 fully saturated rings. The summed E-state index contributed by atoms with van der Waals surface area (Å²) in [6.45, 7) is 4.28. The minimum atomic E-state index is -0.148. The molecule has 1 amide bonds. The second-order valence-corrected chi connectivity index (χ2v) is 4.06. The number of carbonyl (C=O) groups is 1. The molecule has 0 spiro atoms.